The van der Waals surface area contributed by atoms with Crippen LogP contribution >= 0.6 is 22.6 Å². The molecule has 1 aromatic heterocycles. The summed E-state index contributed by atoms with van der Waals surface area (Å²) < 4.78 is 39.3. The molecule has 1 aromatic carbocycles. The maximum absolute atomic E-state index is 12.9. The SMILES string of the molecule is FC(F)(F)c1cc(I)cc(N2CCN(Cc3ccccc3)CC2)n1. The van der Waals surface area contributed by atoms with Crippen molar-refractivity contribution in [1.29, 1.82) is 0 Å². The number of benzene rings is 1. The Bertz CT molecular complexity index is 683. The quantitative estimate of drug-likeness (QED) is 0.663. The Balaban J connectivity index is 1.65. The first-order chi connectivity index (χ1) is 11.4. The minimum absolute atomic E-state index is 0.411. The van der Waals surface area contributed by atoms with Crippen molar-refractivity contribution in [3.63, 3.8) is 0 Å². The predicted octanol–water partition coefficient (Wildman–Crippen LogP) is 4.03. The first-order valence-electron chi connectivity index (χ1n) is 7.68. The summed E-state index contributed by atoms with van der Waals surface area (Å²) in [6.45, 7) is 3.84. The Kier molecular flexibility index (Phi) is 5.29. The lowest BCUT2D eigenvalue weighted by Crippen LogP contribution is -2.46. The van der Waals surface area contributed by atoms with Crippen molar-refractivity contribution in [3.8, 4) is 0 Å². The second-order valence-electron chi connectivity index (χ2n) is 5.78. The molecule has 0 radical (unpaired) electrons. The topological polar surface area (TPSA) is 19.4 Å². The Labute approximate surface area is 152 Å². The van der Waals surface area contributed by atoms with Gasteiger partial charge in [-0.3, -0.25) is 4.90 Å². The number of alkyl halides is 3. The second-order valence-corrected chi connectivity index (χ2v) is 7.02. The lowest BCUT2D eigenvalue weighted by Gasteiger charge is -2.35. The molecule has 0 unspecified atom stereocenters. The van der Waals surface area contributed by atoms with E-state index in [4.69, 9.17) is 0 Å². The minimum Gasteiger partial charge on any atom is -0.354 e. The zero-order valence-electron chi connectivity index (χ0n) is 12.9. The van der Waals surface area contributed by atoms with E-state index in [1.807, 2.05) is 45.7 Å². The van der Waals surface area contributed by atoms with Gasteiger partial charge in [0.25, 0.3) is 0 Å². The van der Waals surface area contributed by atoms with Crippen LogP contribution in [-0.2, 0) is 12.7 Å². The highest BCUT2D eigenvalue weighted by Crippen LogP contribution is 2.31. The predicted molar refractivity (Wildman–Crippen MR) is 95.9 cm³/mol. The minimum atomic E-state index is -4.41. The van der Waals surface area contributed by atoms with Gasteiger partial charge in [-0.05, 0) is 40.3 Å². The number of hydrogen-bond acceptors (Lipinski definition) is 3. The smallest absolute Gasteiger partial charge is 0.354 e. The molecule has 0 spiro atoms. The van der Waals surface area contributed by atoms with E-state index >= 15 is 0 Å². The van der Waals surface area contributed by atoms with Gasteiger partial charge in [0.2, 0.25) is 0 Å². The summed E-state index contributed by atoms with van der Waals surface area (Å²) in [6, 6.07) is 13.0. The molecule has 1 aliphatic rings. The number of nitrogens with zero attached hydrogens (tertiary/aromatic N) is 3. The summed E-state index contributed by atoms with van der Waals surface area (Å²) in [5, 5.41) is 0. The van der Waals surface area contributed by atoms with E-state index in [-0.39, 0.29) is 0 Å². The Morgan fingerprint density at radius 2 is 1.67 bits per heavy atom. The third-order valence-electron chi connectivity index (χ3n) is 4.01. The normalized spacial score (nSPS) is 16.4. The molecular formula is C17H17F3IN3. The van der Waals surface area contributed by atoms with Crippen LogP contribution in [0.3, 0.4) is 0 Å². The molecular weight excluding hydrogens is 430 g/mol. The highest BCUT2D eigenvalue weighted by molar-refractivity contribution is 14.1. The highest BCUT2D eigenvalue weighted by atomic mass is 127. The van der Waals surface area contributed by atoms with Crippen LogP contribution in [0.4, 0.5) is 19.0 Å². The molecule has 0 N–H and O–H groups in total. The second kappa shape index (κ2) is 7.26. The van der Waals surface area contributed by atoms with E-state index in [1.54, 1.807) is 6.07 Å². The lowest BCUT2D eigenvalue weighted by atomic mass is 10.2. The number of anilines is 1. The third-order valence-corrected chi connectivity index (χ3v) is 4.64. The van der Waals surface area contributed by atoms with Gasteiger partial charge in [0.15, 0.2) is 0 Å². The Hall–Kier alpha value is -1.35. The van der Waals surface area contributed by atoms with Crippen LogP contribution in [0.15, 0.2) is 42.5 Å². The van der Waals surface area contributed by atoms with Crippen LogP contribution in [0, 0.1) is 3.57 Å². The molecule has 7 heteroatoms. The summed E-state index contributed by atoms with van der Waals surface area (Å²) in [4.78, 5) is 8.05. The lowest BCUT2D eigenvalue weighted by molar-refractivity contribution is -0.141. The van der Waals surface area contributed by atoms with Gasteiger partial charge in [0.1, 0.15) is 11.5 Å². The van der Waals surface area contributed by atoms with E-state index in [0.717, 1.165) is 25.7 Å². The highest BCUT2D eigenvalue weighted by Gasteiger charge is 2.33. The molecule has 0 amide bonds. The van der Waals surface area contributed by atoms with Crippen LogP contribution in [0.1, 0.15) is 11.3 Å². The van der Waals surface area contributed by atoms with Crippen molar-refractivity contribution in [2.45, 2.75) is 12.7 Å². The van der Waals surface area contributed by atoms with E-state index in [2.05, 4.69) is 22.0 Å². The summed E-state index contributed by atoms with van der Waals surface area (Å²) in [6.07, 6.45) is -4.41. The zero-order chi connectivity index (χ0) is 17.2. The van der Waals surface area contributed by atoms with Crippen LogP contribution < -0.4 is 4.90 Å². The van der Waals surface area contributed by atoms with Crippen molar-refractivity contribution in [1.82, 2.24) is 9.88 Å². The first-order valence-corrected chi connectivity index (χ1v) is 8.76. The average molecular weight is 447 g/mol. The van der Waals surface area contributed by atoms with E-state index in [1.165, 1.54) is 5.56 Å². The van der Waals surface area contributed by atoms with E-state index in [9.17, 15) is 13.2 Å². The van der Waals surface area contributed by atoms with Gasteiger partial charge in [-0.1, -0.05) is 30.3 Å². The summed E-state index contributed by atoms with van der Waals surface area (Å²) >= 11 is 1.91. The Morgan fingerprint density at radius 1 is 1.00 bits per heavy atom. The van der Waals surface area contributed by atoms with Crippen molar-refractivity contribution in [2.75, 3.05) is 31.1 Å². The van der Waals surface area contributed by atoms with Gasteiger partial charge >= 0.3 is 6.18 Å². The fraction of sp³-hybridized carbons (Fsp3) is 0.353. The molecule has 2 aromatic rings. The van der Waals surface area contributed by atoms with Crippen molar-refractivity contribution < 1.29 is 13.2 Å². The maximum Gasteiger partial charge on any atom is 0.433 e. The molecule has 1 fully saturated rings. The van der Waals surface area contributed by atoms with Gasteiger partial charge in [-0.2, -0.15) is 13.2 Å². The fourth-order valence-corrected chi connectivity index (χ4v) is 3.34. The molecule has 0 aliphatic carbocycles. The molecule has 24 heavy (non-hydrogen) atoms. The molecule has 0 saturated carbocycles. The van der Waals surface area contributed by atoms with E-state index in [0.29, 0.717) is 22.5 Å². The van der Waals surface area contributed by atoms with Crippen LogP contribution in [0.25, 0.3) is 0 Å². The van der Waals surface area contributed by atoms with Crippen molar-refractivity contribution >= 4 is 28.4 Å². The number of hydrogen-bond donors (Lipinski definition) is 0. The summed E-state index contributed by atoms with van der Waals surface area (Å²) in [7, 11) is 0. The maximum atomic E-state index is 12.9. The van der Waals surface area contributed by atoms with Gasteiger partial charge in [-0.15, -0.1) is 0 Å². The summed E-state index contributed by atoms with van der Waals surface area (Å²) in [5.41, 5.74) is 0.425. The molecule has 2 heterocycles. The molecule has 1 aliphatic heterocycles. The summed E-state index contributed by atoms with van der Waals surface area (Å²) in [5.74, 6) is 0.411. The third kappa shape index (κ3) is 4.38. The molecule has 128 valence electrons. The fourth-order valence-electron chi connectivity index (χ4n) is 2.77. The molecule has 0 atom stereocenters. The molecule has 1 saturated heterocycles. The number of halogens is 4. The van der Waals surface area contributed by atoms with Crippen LogP contribution in [0.5, 0.6) is 0 Å². The molecule has 3 nitrogen and oxygen atoms in total. The van der Waals surface area contributed by atoms with Crippen LogP contribution in [-0.4, -0.2) is 36.1 Å². The average Bonchev–Trinajstić information content (AvgIpc) is 2.55. The molecule has 0 bridgehead atoms. The number of rotatable bonds is 3. The van der Waals surface area contributed by atoms with Crippen LogP contribution in [0.2, 0.25) is 0 Å². The van der Waals surface area contributed by atoms with Crippen molar-refractivity contribution in [3.05, 3.63) is 57.3 Å². The van der Waals surface area contributed by atoms with Gasteiger partial charge in [0.05, 0.1) is 0 Å². The number of pyridine rings is 1. The number of aromatic nitrogens is 1. The Morgan fingerprint density at radius 3 is 2.29 bits per heavy atom. The van der Waals surface area contributed by atoms with Gasteiger partial charge in [0, 0.05) is 36.3 Å². The zero-order valence-corrected chi connectivity index (χ0v) is 15.1. The monoisotopic (exact) mass is 447 g/mol. The van der Waals surface area contributed by atoms with Gasteiger partial charge < -0.3 is 4.90 Å². The standard InChI is InChI=1S/C17H17F3IN3/c18-17(19,20)15-10-14(21)11-16(22-15)24-8-6-23(7-9-24)12-13-4-2-1-3-5-13/h1-5,10-11H,6-9,12H2. The first kappa shape index (κ1) is 17.5. The van der Waals surface area contributed by atoms with Gasteiger partial charge in [-0.25, -0.2) is 4.98 Å². The largest absolute Gasteiger partial charge is 0.433 e. The number of piperazine rings is 1. The van der Waals surface area contributed by atoms with E-state index < -0.39 is 11.9 Å². The molecule has 3 rings (SSSR count). The van der Waals surface area contributed by atoms with Crippen molar-refractivity contribution in [2.24, 2.45) is 0 Å².